The Morgan fingerprint density at radius 2 is 2.19 bits per heavy atom. The molecule has 1 N–H and O–H groups in total. The van der Waals surface area contributed by atoms with Gasteiger partial charge in [0, 0.05) is 37.7 Å². The summed E-state index contributed by atoms with van der Waals surface area (Å²) in [7, 11) is 1.92. The SMILES string of the molecule is CCCn1cccc1CNc1ccn(C)n1. The first-order valence-electron chi connectivity index (χ1n) is 5.67. The molecule has 0 saturated heterocycles. The number of anilines is 1. The van der Waals surface area contributed by atoms with E-state index in [9.17, 15) is 0 Å². The summed E-state index contributed by atoms with van der Waals surface area (Å²) < 4.78 is 4.07. The molecule has 2 aromatic heterocycles. The topological polar surface area (TPSA) is 34.8 Å². The number of nitrogens with one attached hydrogen (secondary N) is 1. The van der Waals surface area contributed by atoms with Gasteiger partial charge < -0.3 is 9.88 Å². The first kappa shape index (κ1) is 10.8. The molecule has 4 nitrogen and oxygen atoms in total. The van der Waals surface area contributed by atoms with Crippen LogP contribution in [0.3, 0.4) is 0 Å². The zero-order chi connectivity index (χ0) is 11.4. The van der Waals surface area contributed by atoms with Gasteiger partial charge in [0.25, 0.3) is 0 Å². The Morgan fingerprint density at radius 3 is 2.88 bits per heavy atom. The smallest absolute Gasteiger partial charge is 0.148 e. The Labute approximate surface area is 95.9 Å². The van der Waals surface area contributed by atoms with Crippen LogP contribution in [0.1, 0.15) is 19.0 Å². The van der Waals surface area contributed by atoms with Crippen LogP contribution in [0.4, 0.5) is 5.82 Å². The maximum Gasteiger partial charge on any atom is 0.148 e. The van der Waals surface area contributed by atoms with Crippen molar-refractivity contribution >= 4 is 5.82 Å². The fourth-order valence-corrected chi connectivity index (χ4v) is 1.76. The molecule has 4 heteroatoms. The lowest BCUT2D eigenvalue weighted by Gasteiger charge is -2.08. The van der Waals surface area contributed by atoms with Gasteiger partial charge >= 0.3 is 0 Å². The molecule has 2 heterocycles. The van der Waals surface area contributed by atoms with Crippen molar-refractivity contribution in [2.24, 2.45) is 7.05 Å². The maximum atomic E-state index is 4.28. The van der Waals surface area contributed by atoms with Crippen molar-refractivity contribution in [3.63, 3.8) is 0 Å². The highest BCUT2D eigenvalue weighted by atomic mass is 15.3. The van der Waals surface area contributed by atoms with Crippen LogP contribution in [-0.4, -0.2) is 14.3 Å². The van der Waals surface area contributed by atoms with Gasteiger partial charge in [0.2, 0.25) is 0 Å². The maximum absolute atomic E-state index is 4.28. The summed E-state index contributed by atoms with van der Waals surface area (Å²) in [6, 6.07) is 6.21. The number of aromatic nitrogens is 3. The molecule has 0 radical (unpaired) electrons. The van der Waals surface area contributed by atoms with Crippen molar-refractivity contribution in [3.05, 3.63) is 36.3 Å². The number of rotatable bonds is 5. The third kappa shape index (κ3) is 2.45. The second-order valence-corrected chi connectivity index (χ2v) is 3.92. The van der Waals surface area contributed by atoms with E-state index in [1.807, 2.05) is 19.3 Å². The molecule has 0 amide bonds. The van der Waals surface area contributed by atoms with Gasteiger partial charge in [-0.15, -0.1) is 0 Å². The van der Waals surface area contributed by atoms with Crippen LogP contribution in [-0.2, 0) is 20.1 Å². The number of aryl methyl sites for hydroxylation is 2. The summed E-state index contributed by atoms with van der Waals surface area (Å²) in [6.07, 6.45) is 5.22. The Balaban J connectivity index is 1.96. The zero-order valence-electron chi connectivity index (χ0n) is 9.85. The van der Waals surface area contributed by atoms with Crippen LogP contribution in [0.5, 0.6) is 0 Å². The first-order valence-corrected chi connectivity index (χ1v) is 5.67. The average Bonchev–Trinajstić information content (AvgIpc) is 2.85. The minimum Gasteiger partial charge on any atom is -0.363 e. The molecule has 2 rings (SSSR count). The summed E-state index contributed by atoms with van der Waals surface area (Å²) in [5, 5.41) is 7.60. The molecule has 0 bridgehead atoms. The van der Waals surface area contributed by atoms with E-state index in [2.05, 4.69) is 40.2 Å². The fraction of sp³-hybridized carbons (Fsp3) is 0.417. The quantitative estimate of drug-likeness (QED) is 0.835. The Hall–Kier alpha value is -1.71. The highest BCUT2D eigenvalue weighted by Gasteiger charge is 2.01. The standard InChI is InChI=1S/C12H18N4/c1-3-7-16-8-4-5-11(16)10-13-12-6-9-15(2)14-12/h4-6,8-9H,3,7,10H2,1-2H3,(H,13,14). The van der Waals surface area contributed by atoms with E-state index in [1.54, 1.807) is 4.68 Å². The molecular weight excluding hydrogens is 200 g/mol. The molecule has 0 aromatic carbocycles. The Kier molecular flexibility index (Phi) is 3.29. The van der Waals surface area contributed by atoms with Crippen LogP contribution in [0, 0.1) is 0 Å². The molecule has 0 aliphatic rings. The van der Waals surface area contributed by atoms with E-state index in [0.717, 1.165) is 25.3 Å². The summed E-state index contributed by atoms with van der Waals surface area (Å²) in [4.78, 5) is 0. The normalized spacial score (nSPS) is 10.6. The van der Waals surface area contributed by atoms with Crippen LogP contribution in [0.25, 0.3) is 0 Å². The van der Waals surface area contributed by atoms with E-state index < -0.39 is 0 Å². The fourth-order valence-electron chi connectivity index (χ4n) is 1.76. The van der Waals surface area contributed by atoms with Gasteiger partial charge in [0.15, 0.2) is 0 Å². The van der Waals surface area contributed by atoms with Gasteiger partial charge in [-0.3, -0.25) is 4.68 Å². The van der Waals surface area contributed by atoms with E-state index in [4.69, 9.17) is 0 Å². The molecule has 2 aromatic rings. The third-order valence-corrected chi connectivity index (χ3v) is 2.55. The number of nitrogens with zero attached hydrogens (tertiary/aromatic N) is 3. The van der Waals surface area contributed by atoms with Gasteiger partial charge in [0.05, 0.1) is 6.54 Å². The first-order chi connectivity index (χ1) is 7.79. The van der Waals surface area contributed by atoms with E-state index >= 15 is 0 Å². The highest BCUT2D eigenvalue weighted by molar-refractivity contribution is 5.32. The lowest BCUT2D eigenvalue weighted by atomic mass is 10.4. The summed E-state index contributed by atoms with van der Waals surface area (Å²) >= 11 is 0. The van der Waals surface area contributed by atoms with Crippen LogP contribution in [0.2, 0.25) is 0 Å². The second-order valence-electron chi connectivity index (χ2n) is 3.92. The van der Waals surface area contributed by atoms with Gasteiger partial charge in [-0.2, -0.15) is 5.10 Å². The molecular formula is C12H18N4. The molecule has 0 fully saturated rings. The van der Waals surface area contributed by atoms with Crippen LogP contribution >= 0.6 is 0 Å². The Bertz CT molecular complexity index is 441. The summed E-state index contributed by atoms with van der Waals surface area (Å²) in [6.45, 7) is 4.09. The Morgan fingerprint density at radius 1 is 1.31 bits per heavy atom. The second kappa shape index (κ2) is 4.88. The van der Waals surface area contributed by atoms with E-state index in [0.29, 0.717) is 0 Å². The molecule has 0 unspecified atom stereocenters. The van der Waals surface area contributed by atoms with E-state index in [1.165, 1.54) is 5.69 Å². The molecule has 0 aliphatic carbocycles. The van der Waals surface area contributed by atoms with Crippen molar-refractivity contribution < 1.29 is 0 Å². The third-order valence-electron chi connectivity index (χ3n) is 2.55. The van der Waals surface area contributed by atoms with Crippen molar-refractivity contribution in [2.75, 3.05) is 5.32 Å². The predicted octanol–water partition coefficient (Wildman–Crippen LogP) is 2.24. The zero-order valence-corrected chi connectivity index (χ0v) is 9.85. The predicted molar refractivity (Wildman–Crippen MR) is 65.3 cm³/mol. The van der Waals surface area contributed by atoms with Crippen LogP contribution < -0.4 is 5.32 Å². The molecule has 0 saturated carbocycles. The van der Waals surface area contributed by atoms with Crippen molar-refractivity contribution in [1.29, 1.82) is 0 Å². The monoisotopic (exact) mass is 218 g/mol. The number of hydrogen-bond acceptors (Lipinski definition) is 2. The minimum absolute atomic E-state index is 0.823. The minimum atomic E-state index is 0.823. The van der Waals surface area contributed by atoms with Crippen molar-refractivity contribution in [3.8, 4) is 0 Å². The molecule has 16 heavy (non-hydrogen) atoms. The van der Waals surface area contributed by atoms with Crippen LogP contribution in [0.15, 0.2) is 30.6 Å². The molecule has 86 valence electrons. The lowest BCUT2D eigenvalue weighted by molar-refractivity contribution is 0.653. The largest absolute Gasteiger partial charge is 0.363 e. The lowest BCUT2D eigenvalue weighted by Crippen LogP contribution is -2.07. The summed E-state index contributed by atoms with van der Waals surface area (Å²) in [5.74, 6) is 0.923. The average molecular weight is 218 g/mol. The van der Waals surface area contributed by atoms with Gasteiger partial charge in [-0.05, 0) is 18.6 Å². The van der Waals surface area contributed by atoms with Crippen molar-refractivity contribution in [1.82, 2.24) is 14.3 Å². The highest BCUT2D eigenvalue weighted by Crippen LogP contribution is 2.07. The number of hydrogen-bond donors (Lipinski definition) is 1. The summed E-state index contributed by atoms with van der Waals surface area (Å²) in [5.41, 5.74) is 1.30. The molecule has 0 atom stereocenters. The van der Waals surface area contributed by atoms with Gasteiger partial charge in [0.1, 0.15) is 5.82 Å². The van der Waals surface area contributed by atoms with Crippen molar-refractivity contribution in [2.45, 2.75) is 26.4 Å². The molecule has 0 aliphatic heterocycles. The van der Waals surface area contributed by atoms with Gasteiger partial charge in [-0.25, -0.2) is 0 Å². The van der Waals surface area contributed by atoms with E-state index in [-0.39, 0.29) is 0 Å². The van der Waals surface area contributed by atoms with Gasteiger partial charge in [-0.1, -0.05) is 6.92 Å². The molecule has 0 spiro atoms.